The SMILES string of the molecule is COc1cc(N2CCC3(CC[C@@H](C=O)CO3)CC2)c(F)cc1[C@@H]1c2ccc(O)cc2CC[C@@H]1c1ccccc1. The van der Waals surface area contributed by atoms with Crippen LogP contribution in [0.2, 0.25) is 0 Å². The second-order valence-electron chi connectivity index (χ2n) is 11.4. The lowest BCUT2D eigenvalue weighted by Gasteiger charge is -2.45. The van der Waals surface area contributed by atoms with Crippen molar-refractivity contribution in [1.29, 1.82) is 0 Å². The first-order valence-electron chi connectivity index (χ1n) is 14.1. The zero-order valence-electron chi connectivity index (χ0n) is 22.4. The number of anilines is 1. The van der Waals surface area contributed by atoms with Gasteiger partial charge in [0.2, 0.25) is 0 Å². The van der Waals surface area contributed by atoms with E-state index >= 15 is 4.39 Å². The van der Waals surface area contributed by atoms with Crippen LogP contribution in [0.25, 0.3) is 0 Å². The molecule has 1 N–H and O–H groups in total. The molecule has 0 aromatic heterocycles. The van der Waals surface area contributed by atoms with Gasteiger partial charge in [-0.1, -0.05) is 36.4 Å². The van der Waals surface area contributed by atoms with Crippen LogP contribution >= 0.6 is 0 Å². The monoisotopic (exact) mass is 529 g/mol. The first kappa shape index (κ1) is 25.9. The third-order valence-electron chi connectivity index (χ3n) is 9.23. The number of rotatable bonds is 5. The number of hydrogen-bond donors (Lipinski definition) is 1. The number of carbonyl (C=O) groups excluding carboxylic acids is 1. The van der Waals surface area contributed by atoms with Gasteiger partial charge in [0.05, 0.1) is 25.0 Å². The molecule has 3 aromatic carbocycles. The highest BCUT2D eigenvalue weighted by atomic mass is 19.1. The zero-order valence-corrected chi connectivity index (χ0v) is 22.4. The maximum Gasteiger partial charge on any atom is 0.147 e. The van der Waals surface area contributed by atoms with Crippen molar-refractivity contribution in [3.8, 4) is 11.5 Å². The van der Waals surface area contributed by atoms with Crippen molar-refractivity contribution < 1.29 is 23.8 Å². The normalized spacial score (nSPS) is 24.3. The molecule has 0 radical (unpaired) electrons. The van der Waals surface area contributed by atoms with Gasteiger partial charge in [-0.05, 0) is 79.3 Å². The van der Waals surface area contributed by atoms with Crippen molar-refractivity contribution in [3.63, 3.8) is 0 Å². The van der Waals surface area contributed by atoms with Gasteiger partial charge in [0.1, 0.15) is 23.6 Å². The van der Waals surface area contributed by atoms with Gasteiger partial charge < -0.3 is 24.3 Å². The van der Waals surface area contributed by atoms with Gasteiger partial charge in [-0.25, -0.2) is 4.39 Å². The number of halogens is 1. The number of aromatic hydroxyl groups is 1. The molecule has 5 nitrogen and oxygen atoms in total. The van der Waals surface area contributed by atoms with Crippen LogP contribution < -0.4 is 9.64 Å². The van der Waals surface area contributed by atoms with E-state index in [1.807, 2.05) is 24.3 Å². The van der Waals surface area contributed by atoms with E-state index < -0.39 is 0 Å². The van der Waals surface area contributed by atoms with Gasteiger partial charge in [-0.2, -0.15) is 0 Å². The van der Waals surface area contributed by atoms with E-state index in [4.69, 9.17) is 9.47 Å². The van der Waals surface area contributed by atoms with E-state index in [1.165, 1.54) is 5.56 Å². The largest absolute Gasteiger partial charge is 0.508 e. The van der Waals surface area contributed by atoms with Crippen molar-refractivity contribution in [1.82, 2.24) is 0 Å². The number of carbonyl (C=O) groups is 1. The molecule has 2 fully saturated rings. The topological polar surface area (TPSA) is 59.0 Å². The quantitative estimate of drug-likeness (QED) is 0.390. The fraction of sp³-hybridized carbons (Fsp3) is 0.424. The number of nitrogens with zero attached hydrogens (tertiary/aromatic N) is 1. The van der Waals surface area contributed by atoms with E-state index in [-0.39, 0.29) is 34.9 Å². The summed E-state index contributed by atoms with van der Waals surface area (Å²) in [5.74, 6) is 0.755. The Balaban J connectivity index is 1.32. The maximum atomic E-state index is 16.0. The highest BCUT2D eigenvalue weighted by molar-refractivity contribution is 5.60. The second-order valence-corrected chi connectivity index (χ2v) is 11.4. The third-order valence-corrected chi connectivity index (χ3v) is 9.23. The molecule has 6 heteroatoms. The van der Waals surface area contributed by atoms with Crippen LogP contribution in [-0.4, -0.2) is 43.8 Å². The van der Waals surface area contributed by atoms with Crippen LogP contribution in [0.5, 0.6) is 11.5 Å². The molecule has 2 aliphatic heterocycles. The van der Waals surface area contributed by atoms with Crippen LogP contribution in [0.3, 0.4) is 0 Å². The average molecular weight is 530 g/mol. The summed E-state index contributed by atoms with van der Waals surface area (Å²) >= 11 is 0. The molecule has 3 atom stereocenters. The smallest absolute Gasteiger partial charge is 0.147 e. The van der Waals surface area contributed by atoms with Crippen LogP contribution in [0.1, 0.15) is 66.2 Å². The lowest BCUT2D eigenvalue weighted by Crippen LogP contribution is -2.49. The minimum atomic E-state index is -0.245. The summed E-state index contributed by atoms with van der Waals surface area (Å²) in [5.41, 5.74) is 4.63. The fourth-order valence-electron chi connectivity index (χ4n) is 7.01. The number of benzene rings is 3. The molecule has 0 saturated carbocycles. The number of methoxy groups -OCH3 is 1. The van der Waals surface area contributed by atoms with Crippen LogP contribution in [0.4, 0.5) is 10.1 Å². The lowest BCUT2D eigenvalue weighted by atomic mass is 9.69. The molecule has 2 heterocycles. The standard InChI is InChI=1S/C33H36FNO4/c1-38-31-19-30(35-15-13-33(14-16-35)12-11-22(20-36)21-39-33)29(34)18-28(31)32-26(23-5-3-2-4-6-23)9-7-24-17-25(37)8-10-27(24)32/h2-6,8,10,17-20,22,26,32,37H,7,9,11-16,21H2,1H3/t22-,26+,32-/m0/s1. The molecule has 0 unspecified atom stereocenters. The molecule has 0 amide bonds. The van der Waals surface area contributed by atoms with E-state index in [0.29, 0.717) is 31.1 Å². The molecule has 6 rings (SSSR count). The molecule has 204 valence electrons. The van der Waals surface area contributed by atoms with Gasteiger partial charge in [0.15, 0.2) is 0 Å². The Morgan fingerprint density at radius 1 is 1.03 bits per heavy atom. The van der Waals surface area contributed by atoms with Crippen molar-refractivity contribution >= 4 is 12.0 Å². The van der Waals surface area contributed by atoms with Gasteiger partial charge >= 0.3 is 0 Å². The average Bonchev–Trinajstić information content (AvgIpc) is 2.98. The summed E-state index contributed by atoms with van der Waals surface area (Å²) in [6, 6.07) is 19.5. The highest BCUT2D eigenvalue weighted by Gasteiger charge is 2.40. The number of aryl methyl sites for hydroxylation is 1. The number of hydrogen-bond acceptors (Lipinski definition) is 5. The number of aldehydes is 1. The summed E-state index contributed by atoms with van der Waals surface area (Å²) < 4.78 is 28.1. The summed E-state index contributed by atoms with van der Waals surface area (Å²) in [6.07, 6.45) is 6.14. The molecule has 2 saturated heterocycles. The highest BCUT2D eigenvalue weighted by Crippen LogP contribution is 2.50. The zero-order chi connectivity index (χ0) is 27.0. The minimum absolute atomic E-state index is 0.00324. The summed E-state index contributed by atoms with van der Waals surface area (Å²) in [6.45, 7) is 1.89. The second kappa shape index (κ2) is 10.6. The van der Waals surface area contributed by atoms with Crippen molar-refractivity contribution in [2.75, 3.05) is 31.7 Å². The van der Waals surface area contributed by atoms with Gasteiger partial charge in [0.25, 0.3) is 0 Å². The Labute approximate surface area is 229 Å². The summed E-state index contributed by atoms with van der Waals surface area (Å²) in [7, 11) is 1.66. The predicted molar refractivity (Wildman–Crippen MR) is 149 cm³/mol. The molecule has 1 spiro atoms. The molecular weight excluding hydrogens is 493 g/mol. The molecule has 39 heavy (non-hydrogen) atoms. The molecular formula is C33H36FNO4. The van der Waals surface area contributed by atoms with E-state index in [0.717, 1.165) is 61.5 Å². The molecule has 1 aliphatic carbocycles. The van der Waals surface area contributed by atoms with Crippen LogP contribution in [-0.2, 0) is 16.0 Å². The van der Waals surface area contributed by atoms with Crippen molar-refractivity contribution in [3.05, 3.63) is 88.7 Å². The molecule has 3 aromatic rings. The Morgan fingerprint density at radius 2 is 1.82 bits per heavy atom. The van der Waals surface area contributed by atoms with E-state index in [9.17, 15) is 9.90 Å². The third kappa shape index (κ3) is 4.91. The van der Waals surface area contributed by atoms with E-state index in [2.05, 4.69) is 29.2 Å². The Kier molecular flexibility index (Phi) is 7.06. The van der Waals surface area contributed by atoms with E-state index in [1.54, 1.807) is 19.2 Å². The number of piperidine rings is 1. The minimum Gasteiger partial charge on any atom is -0.508 e. The first-order chi connectivity index (χ1) is 19.0. The van der Waals surface area contributed by atoms with Gasteiger partial charge in [-0.3, -0.25) is 0 Å². The number of phenols is 1. The van der Waals surface area contributed by atoms with Crippen LogP contribution in [0, 0.1) is 11.7 Å². The Hall–Kier alpha value is -3.38. The number of phenolic OH excluding ortho intramolecular Hbond substituents is 1. The Morgan fingerprint density at radius 3 is 2.51 bits per heavy atom. The fourth-order valence-corrected chi connectivity index (χ4v) is 7.01. The predicted octanol–water partition coefficient (Wildman–Crippen LogP) is 6.37. The summed E-state index contributed by atoms with van der Waals surface area (Å²) in [4.78, 5) is 13.2. The first-order valence-corrected chi connectivity index (χ1v) is 14.1. The van der Waals surface area contributed by atoms with Crippen molar-refractivity contribution in [2.45, 2.75) is 56.0 Å². The maximum absolute atomic E-state index is 16.0. The Bertz CT molecular complexity index is 1330. The number of ether oxygens (including phenoxy) is 2. The number of fused-ring (bicyclic) bond motifs is 1. The van der Waals surface area contributed by atoms with Gasteiger partial charge in [0, 0.05) is 36.6 Å². The van der Waals surface area contributed by atoms with Crippen molar-refractivity contribution in [2.24, 2.45) is 5.92 Å². The molecule has 0 bridgehead atoms. The van der Waals surface area contributed by atoms with Crippen LogP contribution in [0.15, 0.2) is 60.7 Å². The lowest BCUT2D eigenvalue weighted by molar-refractivity contribution is -0.132. The van der Waals surface area contributed by atoms with Gasteiger partial charge in [-0.15, -0.1) is 0 Å². The summed E-state index contributed by atoms with van der Waals surface area (Å²) in [5, 5.41) is 10.2. The molecule has 3 aliphatic rings.